The zero-order valence-corrected chi connectivity index (χ0v) is 13.2. The lowest BCUT2D eigenvalue weighted by molar-refractivity contribution is -0.143. The molecule has 2 atom stereocenters. The SMILES string of the molecule is COc1cc(CCO)ccc1NC(=O)[C@@H]1CCC[C@H](C(=O)O)C1. The van der Waals surface area contributed by atoms with Crippen molar-refractivity contribution in [1.82, 2.24) is 0 Å². The Hall–Kier alpha value is -2.08. The van der Waals surface area contributed by atoms with Gasteiger partial charge in [0.15, 0.2) is 0 Å². The van der Waals surface area contributed by atoms with E-state index >= 15 is 0 Å². The minimum Gasteiger partial charge on any atom is -0.495 e. The minimum atomic E-state index is -0.826. The number of methoxy groups -OCH3 is 1. The van der Waals surface area contributed by atoms with Gasteiger partial charge >= 0.3 is 5.97 Å². The van der Waals surface area contributed by atoms with Crippen molar-refractivity contribution >= 4 is 17.6 Å². The molecule has 1 aromatic rings. The fraction of sp³-hybridized carbons (Fsp3) is 0.529. The van der Waals surface area contributed by atoms with Gasteiger partial charge in [-0.2, -0.15) is 0 Å². The van der Waals surface area contributed by atoms with E-state index in [9.17, 15) is 9.59 Å². The summed E-state index contributed by atoms with van der Waals surface area (Å²) in [4.78, 5) is 23.5. The van der Waals surface area contributed by atoms with Gasteiger partial charge in [0.25, 0.3) is 0 Å². The number of ether oxygens (including phenoxy) is 1. The number of carbonyl (C=O) groups excluding carboxylic acids is 1. The summed E-state index contributed by atoms with van der Waals surface area (Å²) in [6.45, 7) is 0.0491. The number of carboxylic acids is 1. The van der Waals surface area contributed by atoms with Crippen LogP contribution in [0.4, 0.5) is 5.69 Å². The van der Waals surface area contributed by atoms with Crippen LogP contribution < -0.4 is 10.1 Å². The fourth-order valence-corrected chi connectivity index (χ4v) is 3.01. The van der Waals surface area contributed by atoms with Crippen molar-refractivity contribution in [1.29, 1.82) is 0 Å². The lowest BCUT2D eigenvalue weighted by Gasteiger charge is -2.26. The Morgan fingerprint density at radius 3 is 2.70 bits per heavy atom. The van der Waals surface area contributed by atoms with Crippen molar-refractivity contribution in [3.63, 3.8) is 0 Å². The molecule has 1 amide bonds. The third kappa shape index (κ3) is 4.45. The second-order valence-corrected chi connectivity index (χ2v) is 5.90. The lowest BCUT2D eigenvalue weighted by atomic mass is 9.81. The molecule has 6 heteroatoms. The van der Waals surface area contributed by atoms with E-state index in [1.807, 2.05) is 6.07 Å². The second kappa shape index (κ2) is 7.97. The van der Waals surface area contributed by atoms with Gasteiger partial charge < -0.3 is 20.3 Å². The molecule has 6 nitrogen and oxygen atoms in total. The normalized spacial score (nSPS) is 20.8. The van der Waals surface area contributed by atoms with Crippen LogP contribution in [0.25, 0.3) is 0 Å². The van der Waals surface area contributed by atoms with E-state index in [1.165, 1.54) is 7.11 Å². The maximum atomic E-state index is 12.4. The second-order valence-electron chi connectivity index (χ2n) is 5.90. The van der Waals surface area contributed by atoms with E-state index in [2.05, 4.69) is 5.32 Å². The molecule has 23 heavy (non-hydrogen) atoms. The molecule has 1 aliphatic rings. The average Bonchev–Trinajstić information content (AvgIpc) is 2.56. The molecule has 1 fully saturated rings. The molecule has 1 aliphatic carbocycles. The molecule has 0 aliphatic heterocycles. The Bertz CT molecular complexity index is 572. The van der Waals surface area contributed by atoms with Crippen molar-refractivity contribution < 1.29 is 24.5 Å². The molecule has 1 aromatic carbocycles. The van der Waals surface area contributed by atoms with Crippen LogP contribution in [0.15, 0.2) is 18.2 Å². The zero-order chi connectivity index (χ0) is 16.8. The number of carboxylic acid groups (broad SMARTS) is 1. The van der Waals surface area contributed by atoms with Crippen molar-refractivity contribution in [2.24, 2.45) is 11.8 Å². The average molecular weight is 321 g/mol. The molecule has 0 bridgehead atoms. The highest BCUT2D eigenvalue weighted by Crippen LogP contribution is 2.32. The van der Waals surface area contributed by atoms with Crippen LogP contribution in [-0.4, -0.2) is 35.8 Å². The molecule has 126 valence electrons. The van der Waals surface area contributed by atoms with Crippen LogP contribution >= 0.6 is 0 Å². The van der Waals surface area contributed by atoms with E-state index in [0.29, 0.717) is 37.1 Å². The van der Waals surface area contributed by atoms with Gasteiger partial charge in [-0.3, -0.25) is 9.59 Å². The van der Waals surface area contributed by atoms with Crippen molar-refractivity contribution in [3.05, 3.63) is 23.8 Å². The van der Waals surface area contributed by atoms with E-state index in [-0.39, 0.29) is 18.4 Å². The predicted octanol–water partition coefficient (Wildman–Crippen LogP) is 2.06. The summed E-state index contributed by atoms with van der Waals surface area (Å²) >= 11 is 0. The maximum Gasteiger partial charge on any atom is 0.306 e. The smallest absolute Gasteiger partial charge is 0.306 e. The van der Waals surface area contributed by atoms with Crippen molar-refractivity contribution in [2.75, 3.05) is 19.0 Å². The lowest BCUT2D eigenvalue weighted by Crippen LogP contribution is -2.31. The Morgan fingerprint density at radius 1 is 1.30 bits per heavy atom. The molecular formula is C17H23NO5. The largest absolute Gasteiger partial charge is 0.495 e. The monoisotopic (exact) mass is 321 g/mol. The number of carbonyl (C=O) groups is 2. The first-order chi connectivity index (χ1) is 11.0. The first kappa shape index (κ1) is 17.3. The summed E-state index contributed by atoms with van der Waals surface area (Å²) in [7, 11) is 1.52. The predicted molar refractivity (Wildman–Crippen MR) is 85.5 cm³/mol. The van der Waals surface area contributed by atoms with E-state index < -0.39 is 11.9 Å². The van der Waals surface area contributed by atoms with E-state index in [0.717, 1.165) is 12.0 Å². The van der Waals surface area contributed by atoms with Gasteiger partial charge in [-0.05, 0) is 43.4 Å². The van der Waals surface area contributed by atoms with Crippen LogP contribution in [0.1, 0.15) is 31.2 Å². The first-order valence-electron chi connectivity index (χ1n) is 7.86. The van der Waals surface area contributed by atoms with Crippen molar-refractivity contribution in [2.45, 2.75) is 32.1 Å². The third-order valence-corrected chi connectivity index (χ3v) is 4.32. The molecule has 0 unspecified atom stereocenters. The van der Waals surface area contributed by atoms with Gasteiger partial charge in [0, 0.05) is 12.5 Å². The summed E-state index contributed by atoms with van der Waals surface area (Å²) in [5.41, 5.74) is 1.49. The molecule has 1 saturated carbocycles. The molecule has 0 radical (unpaired) electrons. The molecule has 0 saturated heterocycles. The van der Waals surface area contributed by atoms with Crippen LogP contribution in [0.3, 0.4) is 0 Å². The number of hydrogen-bond acceptors (Lipinski definition) is 4. The Labute approximate surface area is 135 Å². The van der Waals surface area contributed by atoms with Gasteiger partial charge in [0.1, 0.15) is 5.75 Å². The molecule has 3 N–H and O–H groups in total. The highest BCUT2D eigenvalue weighted by Gasteiger charge is 2.31. The first-order valence-corrected chi connectivity index (χ1v) is 7.86. The number of rotatable bonds is 6. The fourth-order valence-electron chi connectivity index (χ4n) is 3.01. The van der Waals surface area contributed by atoms with E-state index in [4.69, 9.17) is 14.9 Å². The standard InChI is InChI=1S/C17H23NO5/c1-23-15-9-11(7-8-19)5-6-14(15)18-16(20)12-3-2-4-13(10-12)17(21)22/h5-6,9,12-13,19H,2-4,7-8,10H2,1H3,(H,18,20)(H,21,22)/t12-,13+/m1/s1. The van der Waals surface area contributed by atoms with Gasteiger partial charge in [-0.15, -0.1) is 0 Å². The molecule has 0 spiro atoms. The van der Waals surface area contributed by atoms with Crippen molar-refractivity contribution in [3.8, 4) is 5.75 Å². The van der Waals surface area contributed by atoms with Gasteiger partial charge in [-0.1, -0.05) is 12.5 Å². The Kier molecular flexibility index (Phi) is 5.98. The Balaban J connectivity index is 2.06. The van der Waals surface area contributed by atoms with Gasteiger partial charge in [0.2, 0.25) is 5.91 Å². The van der Waals surface area contributed by atoms with Gasteiger partial charge in [0.05, 0.1) is 18.7 Å². The zero-order valence-electron chi connectivity index (χ0n) is 13.2. The summed E-state index contributed by atoms with van der Waals surface area (Å²) in [6, 6.07) is 5.36. The van der Waals surface area contributed by atoms with Crippen LogP contribution in [0.2, 0.25) is 0 Å². The van der Waals surface area contributed by atoms with Crippen LogP contribution in [0.5, 0.6) is 5.75 Å². The number of benzene rings is 1. The number of aliphatic hydroxyl groups excluding tert-OH is 1. The summed E-state index contributed by atoms with van der Waals surface area (Å²) in [6.07, 6.45) is 3.00. The summed E-state index contributed by atoms with van der Waals surface area (Å²) in [5, 5.41) is 20.9. The highest BCUT2D eigenvalue weighted by molar-refractivity contribution is 5.94. The summed E-state index contributed by atoms with van der Waals surface area (Å²) in [5.74, 6) is -1.17. The molecular weight excluding hydrogens is 298 g/mol. The minimum absolute atomic E-state index is 0.0491. The number of amides is 1. The quantitative estimate of drug-likeness (QED) is 0.745. The molecule has 0 heterocycles. The number of anilines is 1. The number of nitrogens with one attached hydrogen (secondary N) is 1. The molecule has 2 rings (SSSR count). The van der Waals surface area contributed by atoms with Crippen LogP contribution in [0, 0.1) is 11.8 Å². The maximum absolute atomic E-state index is 12.4. The topological polar surface area (TPSA) is 95.9 Å². The Morgan fingerprint density at radius 2 is 2.04 bits per heavy atom. The number of aliphatic carboxylic acids is 1. The number of hydrogen-bond donors (Lipinski definition) is 3. The highest BCUT2D eigenvalue weighted by atomic mass is 16.5. The van der Waals surface area contributed by atoms with Gasteiger partial charge in [-0.25, -0.2) is 0 Å². The molecule has 0 aromatic heterocycles. The van der Waals surface area contributed by atoms with E-state index in [1.54, 1.807) is 12.1 Å². The number of aliphatic hydroxyl groups is 1. The third-order valence-electron chi connectivity index (χ3n) is 4.32. The summed E-state index contributed by atoms with van der Waals surface area (Å²) < 4.78 is 5.29. The van der Waals surface area contributed by atoms with Crippen LogP contribution in [-0.2, 0) is 16.0 Å².